The summed E-state index contributed by atoms with van der Waals surface area (Å²) in [6.07, 6.45) is 0. The molecule has 0 unspecified atom stereocenters. The van der Waals surface area contributed by atoms with Crippen LogP contribution in [-0.2, 0) is 4.79 Å². The number of hydrogen-bond acceptors (Lipinski definition) is 4. The van der Waals surface area contributed by atoms with Crippen molar-refractivity contribution in [3.8, 4) is 5.69 Å². The summed E-state index contributed by atoms with van der Waals surface area (Å²) in [5, 5.41) is 17.7. The fourth-order valence-corrected chi connectivity index (χ4v) is 2.75. The number of benzene rings is 1. The summed E-state index contributed by atoms with van der Waals surface area (Å²) in [5.74, 6) is 0.152. The van der Waals surface area contributed by atoms with E-state index >= 15 is 0 Å². The average Bonchev–Trinajstić information content (AvgIpc) is 2.81. The Balaban J connectivity index is 2.43. The molecule has 7 heteroatoms. The van der Waals surface area contributed by atoms with Gasteiger partial charge >= 0.3 is 5.97 Å². The van der Waals surface area contributed by atoms with E-state index < -0.39 is 5.97 Å². The van der Waals surface area contributed by atoms with Gasteiger partial charge in [-0.3, -0.25) is 9.36 Å². The van der Waals surface area contributed by atoms with Crippen LogP contribution in [0.1, 0.15) is 25.6 Å². The molecule has 2 aromatic rings. The quantitative estimate of drug-likeness (QED) is 0.614. The van der Waals surface area contributed by atoms with Crippen LogP contribution in [0, 0.1) is 3.57 Å². The van der Waals surface area contributed by atoms with Crippen LogP contribution in [0.3, 0.4) is 0 Å². The van der Waals surface area contributed by atoms with Gasteiger partial charge in [-0.05, 0) is 46.9 Å². The van der Waals surface area contributed by atoms with Crippen LogP contribution in [0.5, 0.6) is 0 Å². The highest BCUT2D eigenvalue weighted by Gasteiger charge is 2.17. The van der Waals surface area contributed by atoms with E-state index in [1.165, 1.54) is 11.8 Å². The van der Waals surface area contributed by atoms with Gasteiger partial charge in [0.05, 0.1) is 5.75 Å². The van der Waals surface area contributed by atoms with Gasteiger partial charge in [-0.15, -0.1) is 10.2 Å². The Bertz CT molecular complexity index is 611. The van der Waals surface area contributed by atoms with Crippen molar-refractivity contribution >= 4 is 40.3 Å². The van der Waals surface area contributed by atoms with E-state index in [1.807, 2.05) is 42.7 Å². The van der Waals surface area contributed by atoms with Crippen LogP contribution in [0.2, 0.25) is 0 Å². The highest BCUT2D eigenvalue weighted by Crippen LogP contribution is 2.26. The molecule has 0 bridgehead atoms. The first-order valence-electron chi connectivity index (χ1n) is 6.05. The van der Waals surface area contributed by atoms with E-state index in [0.717, 1.165) is 15.1 Å². The summed E-state index contributed by atoms with van der Waals surface area (Å²) in [7, 11) is 0. The molecule has 0 saturated carbocycles. The van der Waals surface area contributed by atoms with Crippen molar-refractivity contribution in [1.29, 1.82) is 0 Å². The predicted molar refractivity (Wildman–Crippen MR) is 86.5 cm³/mol. The molecule has 5 nitrogen and oxygen atoms in total. The fourth-order valence-electron chi connectivity index (χ4n) is 1.71. The lowest BCUT2D eigenvalue weighted by Gasteiger charge is -2.11. The molecule has 0 saturated heterocycles. The Morgan fingerprint density at radius 2 is 2.00 bits per heavy atom. The molecule has 0 radical (unpaired) electrons. The molecule has 1 heterocycles. The summed E-state index contributed by atoms with van der Waals surface area (Å²) < 4.78 is 3.07. The first-order valence-corrected chi connectivity index (χ1v) is 8.11. The molecule has 0 aliphatic rings. The van der Waals surface area contributed by atoms with Gasteiger partial charge in [0.2, 0.25) is 0 Å². The van der Waals surface area contributed by atoms with E-state index in [0.29, 0.717) is 5.16 Å². The van der Waals surface area contributed by atoms with Crippen LogP contribution in [-0.4, -0.2) is 31.6 Å². The first-order chi connectivity index (χ1) is 9.49. The third-order valence-electron chi connectivity index (χ3n) is 2.58. The highest BCUT2D eigenvalue weighted by molar-refractivity contribution is 14.1. The molecule has 0 spiro atoms. The van der Waals surface area contributed by atoms with Crippen molar-refractivity contribution in [2.75, 3.05) is 5.75 Å². The van der Waals surface area contributed by atoms with Gasteiger partial charge in [0.25, 0.3) is 0 Å². The zero-order valence-corrected chi connectivity index (χ0v) is 14.1. The highest BCUT2D eigenvalue weighted by atomic mass is 127. The van der Waals surface area contributed by atoms with Crippen LogP contribution >= 0.6 is 34.4 Å². The molecule has 0 atom stereocenters. The van der Waals surface area contributed by atoms with Gasteiger partial charge in [0.15, 0.2) is 5.16 Å². The van der Waals surface area contributed by atoms with Crippen molar-refractivity contribution < 1.29 is 9.90 Å². The Morgan fingerprint density at radius 1 is 1.35 bits per heavy atom. The monoisotopic (exact) mass is 403 g/mol. The lowest BCUT2D eigenvalue weighted by atomic mass is 10.2. The van der Waals surface area contributed by atoms with E-state index in [1.54, 1.807) is 0 Å². The summed E-state index contributed by atoms with van der Waals surface area (Å²) >= 11 is 3.43. The maximum atomic E-state index is 10.7. The van der Waals surface area contributed by atoms with Crippen LogP contribution in [0.4, 0.5) is 0 Å². The first kappa shape index (κ1) is 15.3. The Morgan fingerprint density at radius 3 is 2.55 bits per heavy atom. The standard InChI is InChI=1S/C13H14IN3O2S/c1-8(2)12-15-16-13(20-7-11(18)19)17(12)10-5-3-9(14)4-6-10/h3-6,8H,7H2,1-2H3,(H,18,19). The number of halogens is 1. The molecule has 1 aromatic heterocycles. The Hall–Kier alpha value is -1.09. The van der Waals surface area contributed by atoms with Crippen molar-refractivity contribution in [3.05, 3.63) is 33.7 Å². The molecule has 2 rings (SSSR count). The second-order valence-corrected chi connectivity index (χ2v) is 6.68. The molecule has 1 N–H and O–H groups in total. The minimum absolute atomic E-state index is 0.0272. The van der Waals surface area contributed by atoms with Gasteiger partial charge in [0.1, 0.15) is 5.82 Å². The van der Waals surface area contributed by atoms with Crippen molar-refractivity contribution in [2.24, 2.45) is 0 Å². The molecule has 0 fully saturated rings. The lowest BCUT2D eigenvalue weighted by molar-refractivity contribution is -0.133. The lowest BCUT2D eigenvalue weighted by Crippen LogP contribution is -2.06. The number of hydrogen-bond donors (Lipinski definition) is 1. The van der Waals surface area contributed by atoms with Gasteiger partial charge in [0, 0.05) is 15.2 Å². The number of rotatable bonds is 5. The number of carboxylic acids is 1. The van der Waals surface area contributed by atoms with Gasteiger partial charge in [-0.25, -0.2) is 0 Å². The van der Waals surface area contributed by atoms with Crippen molar-refractivity contribution in [1.82, 2.24) is 14.8 Å². The summed E-state index contributed by atoms with van der Waals surface area (Å²) in [5.41, 5.74) is 0.951. The van der Waals surface area contributed by atoms with Gasteiger partial charge in [-0.2, -0.15) is 0 Å². The third kappa shape index (κ3) is 3.51. The molecule has 106 valence electrons. The number of aromatic nitrogens is 3. The maximum absolute atomic E-state index is 10.7. The van der Waals surface area contributed by atoms with Crippen LogP contribution < -0.4 is 0 Å². The molecule has 1 aromatic carbocycles. The summed E-state index contributed by atoms with van der Waals surface area (Å²) in [6, 6.07) is 7.99. The minimum atomic E-state index is -0.863. The molecule has 20 heavy (non-hydrogen) atoms. The second kappa shape index (κ2) is 6.57. The van der Waals surface area contributed by atoms with Crippen LogP contribution in [0.25, 0.3) is 5.69 Å². The Kier molecular flexibility index (Phi) is 5.03. The maximum Gasteiger partial charge on any atom is 0.313 e. The largest absolute Gasteiger partial charge is 0.481 e. The van der Waals surface area contributed by atoms with Gasteiger partial charge in [-0.1, -0.05) is 25.6 Å². The molecule has 0 amide bonds. The number of carbonyl (C=O) groups is 1. The number of nitrogens with zero attached hydrogens (tertiary/aromatic N) is 3. The molecule has 0 aliphatic carbocycles. The summed E-state index contributed by atoms with van der Waals surface area (Å²) in [4.78, 5) is 10.7. The molecule has 0 aliphatic heterocycles. The SMILES string of the molecule is CC(C)c1nnc(SCC(=O)O)n1-c1ccc(I)cc1. The number of aliphatic carboxylic acids is 1. The normalized spacial score (nSPS) is 11.0. The molecular weight excluding hydrogens is 389 g/mol. The average molecular weight is 403 g/mol. The van der Waals surface area contributed by atoms with Crippen LogP contribution in [0.15, 0.2) is 29.4 Å². The molecular formula is C13H14IN3O2S. The van der Waals surface area contributed by atoms with E-state index in [9.17, 15) is 4.79 Å². The number of thioether (sulfide) groups is 1. The van der Waals surface area contributed by atoms with Crippen molar-refractivity contribution in [2.45, 2.75) is 24.9 Å². The van der Waals surface area contributed by atoms with Crippen molar-refractivity contribution in [3.63, 3.8) is 0 Å². The van der Waals surface area contributed by atoms with Gasteiger partial charge < -0.3 is 5.11 Å². The topological polar surface area (TPSA) is 68.0 Å². The van der Waals surface area contributed by atoms with E-state index in [4.69, 9.17) is 5.11 Å². The van der Waals surface area contributed by atoms with E-state index in [2.05, 4.69) is 32.8 Å². The minimum Gasteiger partial charge on any atom is -0.481 e. The summed E-state index contributed by atoms with van der Waals surface area (Å²) in [6.45, 7) is 4.08. The zero-order valence-electron chi connectivity index (χ0n) is 11.1. The predicted octanol–water partition coefficient (Wildman–Crippen LogP) is 3.17. The Labute approximate surface area is 134 Å². The smallest absolute Gasteiger partial charge is 0.313 e. The third-order valence-corrected chi connectivity index (χ3v) is 4.22. The fraction of sp³-hybridized carbons (Fsp3) is 0.308. The second-order valence-electron chi connectivity index (χ2n) is 4.49. The van der Waals surface area contributed by atoms with E-state index in [-0.39, 0.29) is 11.7 Å². The number of carboxylic acid groups (broad SMARTS) is 1. The zero-order chi connectivity index (χ0) is 14.7.